The second-order valence-electron chi connectivity index (χ2n) is 5.97. The number of amides is 1. The maximum Gasteiger partial charge on any atom is 0.251 e. The Labute approximate surface area is 168 Å². The van der Waals surface area contributed by atoms with Crippen molar-refractivity contribution in [2.24, 2.45) is 0 Å². The number of benzene rings is 2. The maximum absolute atomic E-state index is 12.3. The van der Waals surface area contributed by atoms with E-state index in [1.54, 1.807) is 23.5 Å². The van der Waals surface area contributed by atoms with Crippen LogP contribution in [0.1, 0.15) is 26.6 Å². The summed E-state index contributed by atoms with van der Waals surface area (Å²) in [5.41, 5.74) is 2.81. The first-order valence-corrected chi connectivity index (χ1v) is 10.8. The average Bonchev–Trinajstić information content (AvgIpc) is 3.12. The molecule has 1 N–H and O–H groups in total. The number of hydrogen-bond acceptors (Lipinski definition) is 5. The molecule has 140 valence electrons. The SMILES string of the molecule is Cc1nc(COc2cccc(C(=O)NCCSCc3ccccc3)c2)cs1. The fraction of sp³-hybridized carbons (Fsp3) is 0.238. The van der Waals surface area contributed by atoms with Gasteiger partial charge in [-0.2, -0.15) is 11.8 Å². The summed E-state index contributed by atoms with van der Waals surface area (Å²) in [7, 11) is 0. The van der Waals surface area contributed by atoms with E-state index >= 15 is 0 Å². The molecule has 0 fully saturated rings. The van der Waals surface area contributed by atoms with E-state index in [-0.39, 0.29) is 5.91 Å². The average molecular weight is 399 g/mol. The summed E-state index contributed by atoms with van der Waals surface area (Å²) in [5.74, 6) is 2.42. The van der Waals surface area contributed by atoms with Crippen LogP contribution in [0.3, 0.4) is 0 Å². The Morgan fingerprint density at radius 3 is 2.81 bits per heavy atom. The molecule has 0 radical (unpaired) electrons. The molecule has 1 amide bonds. The van der Waals surface area contributed by atoms with Crippen LogP contribution < -0.4 is 10.1 Å². The monoisotopic (exact) mass is 398 g/mol. The first kappa shape index (κ1) is 19.5. The van der Waals surface area contributed by atoms with Crippen LogP contribution in [-0.4, -0.2) is 23.2 Å². The number of aromatic nitrogens is 1. The molecule has 0 saturated heterocycles. The van der Waals surface area contributed by atoms with Crippen molar-refractivity contribution in [2.45, 2.75) is 19.3 Å². The molecular formula is C21H22N2O2S2. The molecular weight excluding hydrogens is 376 g/mol. The highest BCUT2D eigenvalue weighted by Crippen LogP contribution is 2.16. The second-order valence-corrected chi connectivity index (χ2v) is 8.14. The number of nitrogens with one attached hydrogen (secondary N) is 1. The quantitative estimate of drug-likeness (QED) is 0.531. The number of thiazole rings is 1. The molecule has 2 aromatic carbocycles. The van der Waals surface area contributed by atoms with Crippen LogP contribution in [0.25, 0.3) is 0 Å². The number of nitrogens with zero attached hydrogens (tertiary/aromatic N) is 1. The minimum atomic E-state index is -0.0785. The van der Waals surface area contributed by atoms with Crippen molar-refractivity contribution in [1.29, 1.82) is 0 Å². The fourth-order valence-electron chi connectivity index (χ4n) is 2.46. The Bertz CT molecular complexity index is 865. The van der Waals surface area contributed by atoms with Crippen molar-refractivity contribution in [3.63, 3.8) is 0 Å². The third-order valence-electron chi connectivity index (χ3n) is 3.79. The number of hydrogen-bond donors (Lipinski definition) is 1. The maximum atomic E-state index is 12.3. The van der Waals surface area contributed by atoms with Gasteiger partial charge in [0.1, 0.15) is 12.4 Å². The molecule has 3 rings (SSSR count). The summed E-state index contributed by atoms with van der Waals surface area (Å²) < 4.78 is 5.75. The lowest BCUT2D eigenvalue weighted by molar-refractivity contribution is 0.0955. The predicted molar refractivity (Wildman–Crippen MR) is 113 cm³/mol. The van der Waals surface area contributed by atoms with Gasteiger partial charge >= 0.3 is 0 Å². The van der Waals surface area contributed by atoms with Crippen molar-refractivity contribution in [2.75, 3.05) is 12.3 Å². The van der Waals surface area contributed by atoms with E-state index in [1.165, 1.54) is 5.56 Å². The second kappa shape index (κ2) is 10.1. The lowest BCUT2D eigenvalue weighted by Crippen LogP contribution is -2.25. The highest BCUT2D eigenvalue weighted by molar-refractivity contribution is 7.98. The Morgan fingerprint density at radius 2 is 2.04 bits per heavy atom. The van der Waals surface area contributed by atoms with Crippen molar-refractivity contribution < 1.29 is 9.53 Å². The molecule has 1 aromatic heterocycles. The first-order chi connectivity index (χ1) is 13.2. The fourth-order valence-corrected chi connectivity index (χ4v) is 3.88. The van der Waals surface area contributed by atoms with Gasteiger partial charge in [-0.15, -0.1) is 11.3 Å². The van der Waals surface area contributed by atoms with E-state index in [9.17, 15) is 4.79 Å². The number of ether oxygens (including phenoxy) is 1. The minimum absolute atomic E-state index is 0.0785. The number of aryl methyl sites for hydroxylation is 1. The molecule has 0 saturated carbocycles. The number of carbonyl (C=O) groups excluding carboxylic acids is 1. The normalized spacial score (nSPS) is 10.6. The molecule has 0 aliphatic heterocycles. The van der Waals surface area contributed by atoms with Crippen LogP contribution in [-0.2, 0) is 12.4 Å². The molecule has 0 aliphatic carbocycles. The smallest absolute Gasteiger partial charge is 0.251 e. The van der Waals surface area contributed by atoms with Gasteiger partial charge in [0, 0.05) is 29.0 Å². The molecule has 27 heavy (non-hydrogen) atoms. The molecule has 0 bridgehead atoms. The van der Waals surface area contributed by atoms with Crippen LogP contribution in [0, 0.1) is 6.92 Å². The zero-order chi connectivity index (χ0) is 18.9. The summed E-state index contributed by atoms with van der Waals surface area (Å²) in [6.45, 7) is 3.02. The van der Waals surface area contributed by atoms with Crippen LogP contribution in [0.4, 0.5) is 0 Å². The standard InChI is InChI=1S/C21H22N2O2S2/c1-16-23-19(15-27-16)13-25-20-9-5-8-18(12-20)21(24)22-10-11-26-14-17-6-3-2-4-7-17/h2-9,12,15H,10-11,13-14H2,1H3,(H,22,24). The van der Waals surface area contributed by atoms with E-state index in [4.69, 9.17) is 4.74 Å². The van der Waals surface area contributed by atoms with Gasteiger partial charge in [-0.05, 0) is 30.7 Å². The molecule has 0 aliphatic rings. The van der Waals surface area contributed by atoms with Gasteiger partial charge in [-0.1, -0.05) is 36.4 Å². The van der Waals surface area contributed by atoms with Crippen LogP contribution in [0.15, 0.2) is 60.0 Å². The lowest BCUT2D eigenvalue weighted by atomic mass is 10.2. The molecule has 6 heteroatoms. The third-order valence-corrected chi connectivity index (χ3v) is 5.65. The molecule has 3 aromatic rings. The number of carbonyl (C=O) groups is 1. The van der Waals surface area contributed by atoms with Crippen LogP contribution in [0.5, 0.6) is 5.75 Å². The van der Waals surface area contributed by atoms with E-state index in [2.05, 4.69) is 22.4 Å². The summed E-state index contributed by atoms with van der Waals surface area (Å²) in [6, 6.07) is 17.6. The third kappa shape index (κ3) is 6.41. The molecule has 1 heterocycles. The summed E-state index contributed by atoms with van der Waals surface area (Å²) in [6.07, 6.45) is 0. The highest BCUT2D eigenvalue weighted by atomic mass is 32.2. The molecule has 4 nitrogen and oxygen atoms in total. The zero-order valence-corrected chi connectivity index (χ0v) is 16.8. The van der Waals surface area contributed by atoms with Gasteiger partial charge in [0.05, 0.1) is 10.7 Å². The Hall–Kier alpha value is -2.31. The van der Waals surface area contributed by atoms with Crippen LogP contribution >= 0.6 is 23.1 Å². The molecule has 0 unspecified atom stereocenters. The van der Waals surface area contributed by atoms with Crippen LogP contribution in [0.2, 0.25) is 0 Å². The van der Waals surface area contributed by atoms with Gasteiger partial charge in [0.25, 0.3) is 5.91 Å². The van der Waals surface area contributed by atoms with Crippen molar-refractivity contribution >= 4 is 29.0 Å². The first-order valence-electron chi connectivity index (χ1n) is 8.74. The summed E-state index contributed by atoms with van der Waals surface area (Å²) in [5, 5.41) is 5.97. The molecule has 0 atom stereocenters. The van der Waals surface area contributed by atoms with E-state index < -0.39 is 0 Å². The van der Waals surface area contributed by atoms with Gasteiger partial charge in [-0.3, -0.25) is 4.79 Å². The van der Waals surface area contributed by atoms with E-state index in [0.717, 1.165) is 22.2 Å². The Morgan fingerprint density at radius 1 is 1.19 bits per heavy atom. The summed E-state index contributed by atoms with van der Waals surface area (Å²) in [4.78, 5) is 16.7. The predicted octanol–water partition coefficient (Wildman–Crippen LogP) is 4.69. The van der Waals surface area contributed by atoms with E-state index in [1.807, 2.05) is 54.4 Å². The van der Waals surface area contributed by atoms with Gasteiger partial charge in [0.15, 0.2) is 0 Å². The van der Waals surface area contributed by atoms with Crippen molar-refractivity contribution in [3.8, 4) is 5.75 Å². The number of thioether (sulfide) groups is 1. The number of rotatable bonds is 9. The van der Waals surface area contributed by atoms with Crippen molar-refractivity contribution in [3.05, 3.63) is 81.8 Å². The Balaban J connectivity index is 1.41. The summed E-state index contributed by atoms with van der Waals surface area (Å²) >= 11 is 3.41. The Kier molecular flexibility index (Phi) is 7.30. The molecule has 0 spiro atoms. The van der Waals surface area contributed by atoms with Gasteiger partial charge in [0.2, 0.25) is 0 Å². The van der Waals surface area contributed by atoms with E-state index in [0.29, 0.717) is 24.5 Å². The lowest BCUT2D eigenvalue weighted by Gasteiger charge is -2.08. The largest absolute Gasteiger partial charge is 0.487 e. The van der Waals surface area contributed by atoms with Crippen molar-refractivity contribution in [1.82, 2.24) is 10.3 Å². The minimum Gasteiger partial charge on any atom is -0.487 e. The van der Waals surface area contributed by atoms with Gasteiger partial charge in [-0.25, -0.2) is 4.98 Å². The van der Waals surface area contributed by atoms with Gasteiger partial charge < -0.3 is 10.1 Å². The highest BCUT2D eigenvalue weighted by Gasteiger charge is 2.07. The topological polar surface area (TPSA) is 51.2 Å². The zero-order valence-electron chi connectivity index (χ0n) is 15.2.